The highest BCUT2D eigenvalue weighted by Gasteiger charge is 2.42. The predicted octanol–water partition coefficient (Wildman–Crippen LogP) is 2.81. The molecule has 0 aliphatic carbocycles. The van der Waals surface area contributed by atoms with Crippen LogP contribution in [0.15, 0.2) is 24.3 Å². The van der Waals surface area contributed by atoms with Crippen molar-refractivity contribution >= 4 is 11.8 Å². The van der Waals surface area contributed by atoms with Crippen molar-refractivity contribution in [1.82, 2.24) is 9.80 Å². The van der Waals surface area contributed by atoms with E-state index in [0.29, 0.717) is 19.4 Å². The topological polar surface area (TPSA) is 49.9 Å². The molecular weight excluding hydrogens is 340 g/mol. The van der Waals surface area contributed by atoms with Crippen LogP contribution in [0.3, 0.4) is 0 Å². The van der Waals surface area contributed by atoms with Gasteiger partial charge in [0, 0.05) is 51.7 Å². The number of hydrogen-bond acceptors (Lipinski definition) is 3. The minimum atomic E-state index is 0.0701. The molecule has 1 spiro atoms. The van der Waals surface area contributed by atoms with Gasteiger partial charge in [0.1, 0.15) is 0 Å². The van der Waals surface area contributed by atoms with Crippen LogP contribution >= 0.6 is 0 Å². The molecule has 1 atom stereocenters. The SMILES string of the molecule is COCCCN1C[C@]2(CCCN(C(=O)Cc3ccccc3C)C2)CCC1=O. The first-order chi connectivity index (χ1) is 13.0. The third-order valence-electron chi connectivity index (χ3n) is 6.14. The molecule has 3 rings (SSSR count). The molecular formula is C22H32N2O3. The Morgan fingerprint density at radius 3 is 2.81 bits per heavy atom. The van der Waals surface area contributed by atoms with Crippen LogP contribution in [-0.2, 0) is 20.7 Å². The number of hydrogen-bond donors (Lipinski definition) is 0. The van der Waals surface area contributed by atoms with Crippen molar-refractivity contribution in [3.8, 4) is 0 Å². The number of benzene rings is 1. The normalized spacial score (nSPS) is 23.1. The third-order valence-corrected chi connectivity index (χ3v) is 6.14. The lowest BCUT2D eigenvalue weighted by atomic mass is 9.73. The molecule has 0 unspecified atom stereocenters. The Hall–Kier alpha value is -1.88. The van der Waals surface area contributed by atoms with Crippen LogP contribution in [0.2, 0.25) is 0 Å². The van der Waals surface area contributed by atoms with Crippen molar-refractivity contribution < 1.29 is 14.3 Å². The Balaban J connectivity index is 1.63. The lowest BCUT2D eigenvalue weighted by Gasteiger charge is -2.48. The minimum Gasteiger partial charge on any atom is -0.385 e. The van der Waals surface area contributed by atoms with E-state index < -0.39 is 0 Å². The van der Waals surface area contributed by atoms with Crippen molar-refractivity contribution in [2.75, 3.05) is 39.9 Å². The Morgan fingerprint density at radius 1 is 1.22 bits per heavy atom. The molecule has 0 bridgehead atoms. The van der Waals surface area contributed by atoms with Gasteiger partial charge in [-0.25, -0.2) is 0 Å². The average molecular weight is 373 g/mol. The number of methoxy groups -OCH3 is 1. The predicted molar refractivity (Wildman–Crippen MR) is 105 cm³/mol. The number of carbonyl (C=O) groups is 2. The fourth-order valence-corrected chi connectivity index (χ4v) is 4.54. The fraction of sp³-hybridized carbons (Fsp3) is 0.636. The average Bonchev–Trinajstić information content (AvgIpc) is 2.67. The summed E-state index contributed by atoms with van der Waals surface area (Å²) >= 11 is 0. The number of nitrogens with zero attached hydrogens (tertiary/aromatic N) is 2. The van der Waals surface area contributed by atoms with Gasteiger partial charge in [-0.3, -0.25) is 9.59 Å². The van der Waals surface area contributed by atoms with Crippen LogP contribution < -0.4 is 0 Å². The largest absolute Gasteiger partial charge is 0.385 e. The first-order valence-electron chi connectivity index (χ1n) is 10.1. The van der Waals surface area contributed by atoms with Crippen molar-refractivity contribution in [2.24, 2.45) is 5.41 Å². The summed E-state index contributed by atoms with van der Waals surface area (Å²) in [6, 6.07) is 8.11. The number of aryl methyl sites for hydroxylation is 1. The summed E-state index contributed by atoms with van der Waals surface area (Å²) in [5.74, 6) is 0.464. The molecule has 5 nitrogen and oxygen atoms in total. The summed E-state index contributed by atoms with van der Waals surface area (Å²) in [7, 11) is 1.69. The second-order valence-corrected chi connectivity index (χ2v) is 8.18. The van der Waals surface area contributed by atoms with Gasteiger partial charge in [-0.15, -0.1) is 0 Å². The number of likely N-dealkylation sites (tertiary alicyclic amines) is 2. The maximum atomic E-state index is 12.9. The molecule has 148 valence electrons. The van der Waals surface area contributed by atoms with Gasteiger partial charge in [-0.05, 0) is 43.7 Å². The monoisotopic (exact) mass is 372 g/mol. The summed E-state index contributed by atoms with van der Waals surface area (Å²) in [6.45, 7) is 5.90. The molecule has 2 saturated heterocycles. The van der Waals surface area contributed by atoms with Gasteiger partial charge in [-0.1, -0.05) is 24.3 Å². The summed E-state index contributed by atoms with van der Waals surface area (Å²) in [6.07, 6.45) is 4.98. The zero-order valence-electron chi connectivity index (χ0n) is 16.7. The van der Waals surface area contributed by atoms with Gasteiger partial charge < -0.3 is 14.5 Å². The van der Waals surface area contributed by atoms with Gasteiger partial charge >= 0.3 is 0 Å². The number of amides is 2. The van der Waals surface area contributed by atoms with Crippen LogP contribution in [0.5, 0.6) is 0 Å². The number of rotatable bonds is 6. The van der Waals surface area contributed by atoms with Crippen LogP contribution in [0.4, 0.5) is 0 Å². The van der Waals surface area contributed by atoms with E-state index in [2.05, 4.69) is 13.0 Å². The van der Waals surface area contributed by atoms with Gasteiger partial charge in [0.05, 0.1) is 6.42 Å². The van der Waals surface area contributed by atoms with E-state index in [1.165, 1.54) is 5.56 Å². The molecule has 0 aromatic heterocycles. The molecule has 1 aromatic rings. The quantitative estimate of drug-likeness (QED) is 0.722. The molecule has 2 heterocycles. The second-order valence-electron chi connectivity index (χ2n) is 8.18. The van der Waals surface area contributed by atoms with E-state index in [1.54, 1.807) is 7.11 Å². The smallest absolute Gasteiger partial charge is 0.227 e. The van der Waals surface area contributed by atoms with E-state index in [9.17, 15) is 9.59 Å². The van der Waals surface area contributed by atoms with E-state index in [4.69, 9.17) is 4.74 Å². The van der Waals surface area contributed by atoms with Crippen LogP contribution in [0.25, 0.3) is 0 Å². The van der Waals surface area contributed by atoms with Crippen LogP contribution in [0.1, 0.15) is 43.2 Å². The van der Waals surface area contributed by atoms with Crippen molar-refractivity contribution in [3.63, 3.8) is 0 Å². The van der Waals surface area contributed by atoms with Gasteiger partial charge in [0.15, 0.2) is 0 Å². The van der Waals surface area contributed by atoms with Crippen molar-refractivity contribution in [3.05, 3.63) is 35.4 Å². The van der Waals surface area contributed by atoms with E-state index in [0.717, 1.165) is 57.4 Å². The summed E-state index contributed by atoms with van der Waals surface area (Å²) in [4.78, 5) is 29.3. The zero-order chi connectivity index (χ0) is 19.3. The molecule has 2 fully saturated rings. The highest BCUT2D eigenvalue weighted by Crippen LogP contribution is 2.39. The lowest BCUT2D eigenvalue weighted by molar-refractivity contribution is -0.143. The minimum absolute atomic E-state index is 0.0701. The molecule has 0 N–H and O–H groups in total. The number of carbonyl (C=O) groups excluding carboxylic acids is 2. The Bertz CT molecular complexity index is 675. The number of ether oxygens (including phenoxy) is 1. The molecule has 2 aliphatic rings. The van der Waals surface area contributed by atoms with E-state index >= 15 is 0 Å². The van der Waals surface area contributed by atoms with Gasteiger partial charge in [-0.2, -0.15) is 0 Å². The molecule has 2 aliphatic heterocycles. The van der Waals surface area contributed by atoms with E-state index in [-0.39, 0.29) is 17.2 Å². The third kappa shape index (κ3) is 4.89. The fourth-order valence-electron chi connectivity index (χ4n) is 4.54. The summed E-state index contributed by atoms with van der Waals surface area (Å²) < 4.78 is 5.13. The Morgan fingerprint density at radius 2 is 2.04 bits per heavy atom. The first kappa shape index (κ1) is 19.9. The van der Waals surface area contributed by atoms with Gasteiger partial charge in [0.25, 0.3) is 0 Å². The van der Waals surface area contributed by atoms with Crippen LogP contribution in [0, 0.1) is 12.3 Å². The first-order valence-corrected chi connectivity index (χ1v) is 10.1. The molecule has 27 heavy (non-hydrogen) atoms. The lowest BCUT2D eigenvalue weighted by Crippen LogP contribution is -2.55. The van der Waals surface area contributed by atoms with Crippen molar-refractivity contribution in [2.45, 2.75) is 45.4 Å². The van der Waals surface area contributed by atoms with E-state index in [1.807, 2.05) is 28.0 Å². The summed E-state index contributed by atoms with van der Waals surface area (Å²) in [5.41, 5.74) is 2.35. The highest BCUT2D eigenvalue weighted by molar-refractivity contribution is 5.80. The second kappa shape index (κ2) is 8.87. The molecule has 5 heteroatoms. The molecule has 0 saturated carbocycles. The highest BCUT2D eigenvalue weighted by atomic mass is 16.5. The van der Waals surface area contributed by atoms with Crippen LogP contribution in [-0.4, -0.2) is 61.5 Å². The maximum absolute atomic E-state index is 12.9. The van der Waals surface area contributed by atoms with Gasteiger partial charge in [0.2, 0.25) is 11.8 Å². The summed E-state index contributed by atoms with van der Waals surface area (Å²) in [5, 5.41) is 0. The number of piperidine rings is 2. The Kier molecular flexibility index (Phi) is 6.53. The molecule has 0 radical (unpaired) electrons. The maximum Gasteiger partial charge on any atom is 0.227 e. The Labute approximate surface area is 162 Å². The molecule has 2 amide bonds. The standard InChI is InChI=1S/C22H32N2O3/c1-18-7-3-4-8-19(18)15-21(26)24-12-5-10-22(17-24)11-9-20(25)23(16-22)13-6-14-27-2/h3-4,7-8H,5-6,9-17H2,1-2H3/t22-/m0/s1. The van der Waals surface area contributed by atoms with Crippen molar-refractivity contribution in [1.29, 1.82) is 0 Å². The molecule has 1 aromatic carbocycles. The zero-order valence-corrected chi connectivity index (χ0v) is 16.7.